The van der Waals surface area contributed by atoms with E-state index in [1.165, 1.54) is 30.3 Å². The van der Waals surface area contributed by atoms with Gasteiger partial charge in [0.25, 0.3) is 10.1 Å². The van der Waals surface area contributed by atoms with E-state index in [2.05, 4.69) is 9.37 Å². The molecule has 0 fully saturated rings. The topological polar surface area (TPSA) is 201 Å². The Labute approximate surface area is 211 Å². The van der Waals surface area contributed by atoms with Gasteiger partial charge in [-0.3, -0.25) is 4.55 Å². The molecule has 0 aliphatic rings. The van der Waals surface area contributed by atoms with Crippen molar-refractivity contribution in [1.29, 1.82) is 0 Å². The van der Waals surface area contributed by atoms with Crippen LogP contribution in [-0.2, 0) is 38.5 Å². The minimum Gasteiger partial charge on any atom is -0.398 e. The zero-order valence-electron chi connectivity index (χ0n) is 18.4. The summed E-state index contributed by atoms with van der Waals surface area (Å²) in [6.07, 6.45) is 0. The van der Waals surface area contributed by atoms with Crippen LogP contribution in [-0.4, -0.2) is 63.5 Å². The van der Waals surface area contributed by atoms with E-state index in [9.17, 15) is 16.8 Å². The number of hydrogen-bond donors (Lipinski definition) is 4. The molecule has 196 valence electrons. The van der Waals surface area contributed by atoms with Crippen molar-refractivity contribution >= 4 is 55.4 Å². The van der Waals surface area contributed by atoms with Gasteiger partial charge in [-0.1, -0.05) is 12.0 Å². The van der Waals surface area contributed by atoms with Crippen LogP contribution in [0.15, 0.2) is 56.0 Å². The van der Waals surface area contributed by atoms with Crippen molar-refractivity contribution in [3.8, 4) is 0 Å². The lowest BCUT2D eigenvalue weighted by molar-refractivity contribution is -0.432. The first-order valence-electron chi connectivity index (χ1n) is 9.80. The molecule has 0 aliphatic heterocycles. The molecule has 0 saturated carbocycles. The number of anilines is 2. The summed E-state index contributed by atoms with van der Waals surface area (Å²) in [6, 6.07) is 8.06. The van der Waals surface area contributed by atoms with Crippen molar-refractivity contribution in [2.24, 2.45) is 0 Å². The summed E-state index contributed by atoms with van der Waals surface area (Å²) in [5.74, 6) is -0.175. The van der Waals surface area contributed by atoms with Gasteiger partial charge >= 0.3 is 0 Å². The number of benzene rings is 2. The van der Waals surface area contributed by atoms with Crippen LogP contribution in [0.2, 0.25) is 0 Å². The molecule has 0 saturated heterocycles. The maximum atomic E-state index is 12.7. The van der Waals surface area contributed by atoms with Crippen molar-refractivity contribution in [3.63, 3.8) is 0 Å². The number of nitrogens with zero attached hydrogens (tertiary/aromatic N) is 1. The SMILES string of the molecule is CCN(CCOOSc1ccc(N)c(S(=O)(=O)O)c1)CCS(=O)(=O)c1ccc(N)c(SOOO)c1. The highest BCUT2D eigenvalue weighted by atomic mass is 32.2. The van der Waals surface area contributed by atoms with Gasteiger partial charge in [0, 0.05) is 23.7 Å². The predicted octanol–water partition coefficient (Wildman–Crippen LogP) is 2.28. The van der Waals surface area contributed by atoms with E-state index in [1.54, 1.807) is 0 Å². The normalized spacial score (nSPS) is 12.3. The van der Waals surface area contributed by atoms with E-state index in [0.717, 1.165) is 18.1 Å². The molecule has 0 aromatic heterocycles. The standard InChI is InChI=1S/C18H25N3O10S4/c1-2-21(7-9-28-30-32-13-3-5-16(20)18(11-13)35(25,26)27)8-10-34(23,24)14-4-6-15(19)17(12-14)33-31-29-22/h3-6,11-12,22H,2,7-10,19-20H2,1H3,(H,25,26,27). The van der Waals surface area contributed by atoms with Crippen molar-refractivity contribution < 1.29 is 45.2 Å². The summed E-state index contributed by atoms with van der Waals surface area (Å²) in [5, 5.41) is 11.8. The molecular formula is C18H25N3O10S4. The average molecular weight is 572 g/mol. The van der Waals surface area contributed by atoms with Gasteiger partial charge in [0.15, 0.2) is 9.84 Å². The first kappa shape index (κ1) is 29.6. The average Bonchev–Trinajstić information content (AvgIpc) is 2.80. The molecule has 17 heteroatoms. The lowest BCUT2D eigenvalue weighted by Gasteiger charge is -2.19. The molecule has 0 heterocycles. The lowest BCUT2D eigenvalue weighted by Crippen LogP contribution is -2.32. The highest BCUT2D eigenvalue weighted by Gasteiger charge is 2.19. The molecule has 0 spiro atoms. The third-order valence-corrected chi connectivity index (χ3v) is 8.43. The van der Waals surface area contributed by atoms with E-state index >= 15 is 0 Å². The van der Waals surface area contributed by atoms with Gasteiger partial charge in [0.2, 0.25) is 0 Å². The zero-order chi connectivity index (χ0) is 26.1. The Hall–Kier alpha value is -1.64. The summed E-state index contributed by atoms with van der Waals surface area (Å²) in [5.41, 5.74) is 11.4. The second kappa shape index (κ2) is 13.6. The van der Waals surface area contributed by atoms with Crippen molar-refractivity contribution in [1.82, 2.24) is 4.90 Å². The van der Waals surface area contributed by atoms with Gasteiger partial charge in [0.05, 0.1) is 51.9 Å². The van der Waals surface area contributed by atoms with Crippen LogP contribution in [0.5, 0.6) is 0 Å². The summed E-state index contributed by atoms with van der Waals surface area (Å²) in [4.78, 5) is 7.11. The summed E-state index contributed by atoms with van der Waals surface area (Å²) >= 11 is 1.30. The predicted molar refractivity (Wildman–Crippen MR) is 129 cm³/mol. The van der Waals surface area contributed by atoms with Crippen molar-refractivity contribution in [2.45, 2.75) is 26.5 Å². The van der Waals surface area contributed by atoms with E-state index in [0.29, 0.717) is 30.0 Å². The van der Waals surface area contributed by atoms with E-state index in [1.807, 2.05) is 11.8 Å². The quantitative estimate of drug-likeness (QED) is 0.0605. The fraction of sp³-hybridized carbons (Fsp3) is 0.333. The number of sulfone groups is 1. The Kier molecular flexibility index (Phi) is 11.5. The van der Waals surface area contributed by atoms with Gasteiger partial charge in [-0.2, -0.15) is 12.8 Å². The second-order valence-electron chi connectivity index (χ2n) is 6.83. The lowest BCUT2D eigenvalue weighted by atomic mass is 10.3. The minimum atomic E-state index is -4.47. The molecule has 0 radical (unpaired) electrons. The van der Waals surface area contributed by atoms with Gasteiger partial charge in [-0.05, 0) is 42.9 Å². The minimum absolute atomic E-state index is 0.0375. The molecule has 0 bridgehead atoms. The Morgan fingerprint density at radius 3 is 2.34 bits per heavy atom. The van der Waals surface area contributed by atoms with Gasteiger partial charge in [0.1, 0.15) is 4.90 Å². The molecule has 2 aromatic carbocycles. The maximum absolute atomic E-state index is 12.7. The van der Waals surface area contributed by atoms with Crippen LogP contribution >= 0.6 is 24.1 Å². The van der Waals surface area contributed by atoms with Crippen molar-refractivity contribution in [2.75, 3.05) is 43.5 Å². The van der Waals surface area contributed by atoms with Crippen LogP contribution in [0, 0.1) is 0 Å². The molecule has 35 heavy (non-hydrogen) atoms. The fourth-order valence-corrected chi connectivity index (χ4v) is 5.71. The Morgan fingerprint density at radius 2 is 1.69 bits per heavy atom. The number of hydrogen-bond acceptors (Lipinski definition) is 14. The van der Waals surface area contributed by atoms with Crippen LogP contribution in [0.4, 0.5) is 11.4 Å². The third-order valence-electron chi connectivity index (χ3n) is 4.55. The van der Waals surface area contributed by atoms with Crippen molar-refractivity contribution in [3.05, 3.63) is 36.4 Å². The molecule has 0 amide bonds. The van der Waals surface area contributed by atoms with Crippen LogP contribution in [0.3, 0.4) is 0 Å². The maximum Gasteiger partial charge on any atom is 0.296 e. The molecule has 0 atom stereocenters. The van der Waals surface area contributed by atoms with Crippen LogP contribution in [0.25, 0.3) is 0 Å². The third kappa shape index (κ3) is 9.39. The molecule has 0 aliphatic carbocycles. The highest BCUT2D eigenvalue weighted by molar-refractivity contribution is 7.95. The summed E-state index contributed by atoms with van der Waals surface area (Å²) < 4.78 is 66.5. The Bertz CT molecular complexity index is 1200. The zero-order valence-corrected chi connectivity index (χ0v) is 21.7. The van der Waals surface area contributed by atoms with Gasteiger partial charge in [-0.25, -0.2) is 18.6 Å². The Balaban J connectivity index is 1.83. The molecule has 2 aromatic rings. The van der Waals surface area contributed by atoms with E-state index in [-0.39, 0.29) is 40.1 Å². The number of nitrogens with two attached hydrogens (primary N) is 2. The van der Waals surface area contributed by atoms with Crippen LogP contribution < -0.4 is 11.5 Å². The summed E-state index contributed by atoms with van der Waals surface area (Å²) in [7, 11) is -8.12. The molecule has 13 nitrogen and oxygen atoms in total. The number of likely N-dealkylation sites (N-methyl/N-ethyl adjacent to an activating group) is 1. The number of nitrogen functional groups attached to an aromatic ring is 2. The molecular weight excluding hydrogens is 546 g/mol. The second-order valence-corrected chi connectivity index (χ2v) is 11.8. The van der Waals surface area contributed by atoms with E-state index in [4.69, 9.17) is 30.5 Å². The smallest absolute Gasteiger partial charge is 0.296 e. The molecule has 0 unspecified atom stereocenters. The Morgan fingerprint density at radius 1 is 0.971 bits per heavy atom. The molecule has 2 rings (SSSR count). The number of rotatable bonds is 15. The summed E-state index contributed by atoms with van der Waals surface area (Å²) in [6.45, 7) is 3.08. The fourth-order valence-electron chi connectivity index (χ4n) is 2.68. The van der Waals surface area contributed by atoms with Crippen LogP contribution in [0.1, 0.15) is 6.92 Å². The van der Waals surface area contributed by atoms with E-state index < -0.39 is 24.9 Å². The first-order chi connectivity index (χ1) is 16.5. The van der Waals surface area contributed by atoms with Gasteiger partial charge in [-0.15, -0.1) is 4.33 Å². The molecule has 6 N–H and O–H groups in total. The largest absolute Gasteiger partial charge is 0.398 e. The monoisotopic (exact) mass is 571 g/mol. The first-order valence-corrected chi connectivity index (χ1v) is 14.4. The van der Waals surface area contributed by atoms with Gasteiger partial charge < -0.3 is 16.4 Å². The highest BCUT2D eigenvalue weighted by Crippen LogP contribution is 2.29.